The molecule has 11 heteroatoms. The highest BCUT2D eigenvalue weighted by Crippen LogP contribution is 2.17. The van der Waals surface area contributed by atoms with Crippen LogP contribution in [-0.2, 0) is 16.1 Å². The molecule has 2 N–H and O–H groups in total. The molecule has 29 heavy (non-hydrogen) atoms. The fraction of sp³-hybridized carbons (Fsp3) is 0.611. The summed E-state index contributed by atoms with van der Waals surface area (Å²) in [4.78, 5) is 48.6. The molecule has 2 fully saturated rings. The maximum Gasteiger partial charge on any atom is 0.285 e. The van der Waals surface area contributed by atoms with Gasteiger partial charge in [0.1, 0.15) is 6.54 Å². The fourth-order valence-corrected chi connectivity index (χ4v) is 3.73. The van der Waals surface area contributed by atoms with Crippen LogP contribution in [0.15, 0.2) is 23.1 Å². The first-order valence-electron chi connectivity index (χ1n) is 9.58. The molecule has 0 aliphatic carbocycles. The minimum absolute atomic E-state index is 0. The molecule has 0 saturated carbocycles. The van der Waals surface area contributed by atoms with Crippen molar-refractivity contribution < 1.29 is 14.5 Å². The van der Waals surface area contributed by atoms with Crippen LogP contribution >= 0.6 is 12.4 Å². The monoisotopic (exact) mass is 427 g/mol. The highest BCUT2D eigenvalue weighted by molar-refractivity contribution is 5.85. The predicted molar refractivity (Wildman–Crippen MR) is 108 cm³/mol. The minimum Gasteiger partial charge on any atom is -0.354 e. The Balaban J connectivity index is 0.00000300. The number of hydrogen-bond donors (Lipinski definition) is 2. The number of amides is 2. The van der Waals surface area contributed by atoms with E-state index in [-0.39, 0.29) is 48.4 Å². The van der Waals surface area contributed by atoms with E-state index in [2.05, 4.69) is 10.6 Å². The lowest BCUT2D eigenvalue weighted by atomic mass is 9.97. The number of nitro groups is 1. The van der Waals surface area contributed by atoms with Gasteiger partial charge in [0, 0.05) is 31.8 Å². The third-order valence-electron chi connectivity index (χ3n) is 5.30. The molecule has 2 aliphatic rings. The first kappa shape index (κ1) is 22.8. The van der Waals surface area contributed by atoms with E-state index in [1.807, 2.05) is 0 Å². The van der Waals surface area contributed by atoms with E-state index in [4.69, 9.17) is 0 Å². The van der Waals surface area contributed by atoms with Gasteiger partial charge in [-0.05, 0) is 38.1 Å². The van der Waals surface area contributed by atoms with E-state index >= 15 is 0 Å². The molecule has 1 aromatic heterocycles. The van der Waals surface area contributed by atoms with Gasteiger partial charge in [-0.3, -0.25) is 29.1 Å². The van der Waals surface area contributed by atoms with Gasteiger partial charge in [-0.25, -0.2) is 0 Å². The molecule has 1 aromatic rings. The van der Waals surface area contributed by atoms with E-state index < -0.39 is 10.5 Å². The lowest BCUT2D eigenvalue weighted by Gasteiger charge is -2.33. The van der Waals surface area contributed by atoms with Gasteiger partial charge in [-0.15, -0.1) is 12.4 Å². The van der Waals surface area contributed by atoms with Crippen molar-refractivity contribution in [2.24, 2.45) is 5.92 Å². The van der Waals surface area contributed by atoms with Crippen molar-refractivity contribution >= 4 is 29.9 Å². The number of piperidine rings is 1. The standard InChI is InChI=1S/C18H25N5O5.ClH/c24-16-6-5-14(23(27)28)11-22(16)12-17(25)21-8-2-3-13(10-21)9-20-18(26)15-4-1-7-19-15;/h5-6,11,13,15,19H,1-4,7-10,12H2,(H,20,26);1H. The number of aromatic nitrogens is 1. The highest BCUT2D eigenvalue weighted by atomic mass is 35.5. The number of carbonyl (C=O) groups excluding carboxylic acids is 2. The quantitative estimate of drug-likeness (QED) is 0.496. The summed E-state index contributed by atoms with van der Waals surface area (Å²) in [5.41, 5.74) is -0.684. The van der Waals surface area contributed by atoms with Crippen LogP contribution in [0, 0.1) is 16.0 Å². The van der Waals surface area contributed by atoms with Crippen LogP contribution in [0.25, 0.3) is 0 Å². The molecule has 2 amide bonds. The molecule has 0 bridgehead atoms. The Bertz CT molecular complexity index is 808. The molecule has 2 unspecified atom stereocenters. The van der Waals surface area contributed by atoms with Crippen molar-refractivity contribution in [2.75, 3.05) is 26.2 Å². The number of nitrogens with zero attached hydrogens (tertiary/aromatic N) is 3. The second-order valence-electron chi connectivity index (χ2n) is 7.35. The third-order valence-corrected chi connectivity index (χ3v) is 5.30. The minimum atomic E-state index is -0.598. The molecule has 0 radical (unpaired) electrons. The van der Waals surface area contributed by atoms with Crippen molar-refractivity contribution in [1.29, 1.82) is 0 Å². The van der Waals surface area contributed by atoms with Crippen molar-refractivity contribution in [3.8, 4) is 0 Å². The number of carbonyl (C=O) groups is 2. The van der Waals surface area contributed by atoms with Gasteiger partial charge in [0.25, 0.3) is 11.2 Å². The van der Waals surface area contributed by atoms with E-state index in [0.29, 0.717) is 19.6 Å². The summed E-state index contributed by atoms with van der Waals surface area (Å²) in [6.07, 6.45) is 4.67. The second-order valence-corrected chi connectivity index (χ2v) is 7.35. The van der Waals surface area contributed by atoms with Crippen LogP contribution in [-0.4, -0.2) is 58.4 Å². The maximum absolute atomic E-state index is 12.6. The lowest BCUT2D eigenvalue weighted by molar-refractivity contribution is -0.385. The zero-order valence-corrected chi connectivity index (χ0v) is 16.9. The van der Waals surface area contributed by atoms with Crippen molar-refractivity contribution in [2.45, 2.75) is 38.3 Å². The summed E-state index contributed by atoms with van der Waals surface area (Å²) in [7, 11) is 0. The molecule has 2 atom stereocenters. The van der Waals surface area contributed by atoms with Crippen LogP contribution in [0.1, 0.15) is 25.7 Å². The zero-order chi connectivity index (χ0) is 20.1. The fourth-order valence-electron chi connectivity index (χ4n) is 3.73. The Morgan fingerprint density at radius 3 is 2.76 bits per heavy atom. The van der Waals surface area contributed by atoms with Gasteiger partial charge in [0.05, 0.1) is 17.2 Å². The Morgan fingerprint density at radius 1 is 1.28 bits per heavy atom. The first-order chi connectivity index (χ1) is 13.4. The zero-order valence-electron chi connectivity index (χ0n) is 16.0. The van der Waals surface area contributed by atoms with Gasteiger partial charge in [0.2, 0.25) is 11.8 Å². The molecule has 0 aromatic carbocycles. The number of halogens is 1. The van der Waals surface area contributed by atoms with Crippen LogP contribution in [0.2, 0.25) is 0 Å². The Labute approximate surface area is 174 Å². The lowest BCUT2D eigenvalue weighted by Crippen LogP contribution is -2.47. The molecular weight excluding hydrogens is 402 g/mol. The summed E-state index contributed by atoms with van der Waals surface area (Å²) in [6, 6.07) is 2.10. The number of nitrogens with one attached hydrogen (secondary N) is 2. The van der Waals surface area contributed by atoms with Gasteiger partial charge in [-0.1, -0.05) is 0 Å². The smallest absolute Gasteiger partial charge is 0.285 e. The first-order valence-corrected chi connectivity index (χ1v) is 9.58. The normalized spacial score (nSPS) is 21.3. The van der Waals surface area contributed by atoms with Crippen molar-refractivity contribution in [1.82, 2.24) is 20.1 Å². The summed E-state index contributed by atoms with van der Waals surface area (Å²) in [5.74, 6) is -0.0925. The topological polar surface area (TPSA) is 127 Å². The number of rotatable bonds is 6. The number of pyridine rings is 1. The van der Waals surface area contributed by atoms with E-state index in [0.717, 1.165) is 55.1 Å². The van der Waals surface area contributed by atoms with Gasteiger partial charge < -0.3 is 15.5 Å². The largest absolute Gasteiger partial charge is 0.354 e. The Kier molecular flexibility index (Phi) is 8.15. The van der Waals surface area contributed by atoms with Crippen molar-refractivity contribution in [3.63, 3.8) is 0 Å². The summed E-state index contributed by atoms with van der Waals surface area (Å²) in [5, 5.41) is 17.0. The van der Waals surface area contributed by atoms with Gasteiger partial charge >= 0.3 is 0 Å². The van der Waals surface area contributed by atoms with Crippen molar-refractivity contribution in [3.05, 3.63) is 38.8 Å². The third kappa shape index (κ3) is 6.01. The van der Waals surface area contributed by atoms with E-state index in [9.17, 15) is 24.5 Å². The Hall–Kier alpha value is -2.46. The van der Waals surface area contributed by atoms with Crippen LogP contribution in [0.4, 0.5) is 5.69 Å². The van der Waals surface area contributed by atoms with Gasteiger partial charge in [-0.2, -0.15) is 0 Å². The summed E-state index contributed by atoms with van der Waals surface area (Å²) in [6.45, 7) is 2.22. The number of likely N-dealkylation sites (tertiary alicyclic amines) is 1. The molecule has 3 rings (SSSR count). The molecule has 10 nitrogen and oxygen atoms in total. The molecule has 0 spiro atoms. The van der Waals surface area contributed by atoms with Crippen LogP contribution in [0.5, 0.6) is 0 Å². The molecule has 3 heterocycles. The highest BCUT2D eigenvalue weighted by Gasteiger charge is 2.26. The second kappa shape index (κ2) is 10.4. The maximum atomic E-state index is 12.6. The number of hydrogen-bond acceptors (Lipinski definition) is 6. The Morgan fingerprint density at radius 2 is 2.07 bits per heavy atom. The SMILES string of the molecule is Cl.O=C(NCC1CCCN(C(=O)Cn2cc([N+](=O)[O-])ccc2=O)C1)C1CCCN1. The molecule has 2 aliphatic heterocycles. The average Bonchev–Trinajstić information content (AvgIpc) is 3.22. The van der Waals surface area contributed by atoms with Crippen LogP contribution < -0.4 is 16.2 Å². The summed E-state index contributed by atoms with van der Waals surface area (Å²) >= 11 is 0. The molecular formula is C18H26ClN5O5. The summed E-state index contributed by atoms with van der Waals surface area (Å²) < 4.78 is 1.07. The molecule has 160 valence electrons. The molecule has 2 saturated heterocycles. The van der Waals surface area contributed by atoms with Crippen LogP contribution in [0.3, 0.4) is 0 Å². The van der Waals surface area contributed by atoms with E-state index in [1.165, 1.54) is 0 Å². The van der Waals surface area contributed by atoms with Gasteiger partial charge in [0.15, 0.2) is 0 Å². The average molecular weight is 428 g/mol. The predicted octanol–water partition coefficient (Wildman–Crippen LogP) is 0.285. The van der Waals surface area contributed by atoms with E-state index in [1.54, 1.807) is 4.90 Å².